The number of fused-ring (bicyclic) bond motifs is 2. The second-order valence-corrected chi connectivity index (χ2v) is 9.03. The summed E-state index contributed by atoms with van der Waals surface area (Å²) in [5.74, 6) is 0.126. The molecule has 1 atom stereocenters. The molecule has 1 saturated heterocycles. The normalized spacial score (nSPS) is 17.8. The number of piperidine rings is 1. The molecule has 0 unspecified atom stereocenters. The van der Waals surface area contributed by atoms with Crippen LogP contribution < -0.4 is 5.32 Å². The molecule has 5 heteroatoms. The molecule has 32 heavy (non-hydrogen) atoms. The predicted octanol–water partition coefficient (Wildman–Crippen LogP) is 5.07. The maximum atomic E-state index is 13.1. The summed E-state index contributed by atoms with van der Waals surface area (Å²) in [5, 5.41) is 4.18. The topological polar surface area (TPSA) is 41.6 Å². The van der Waals surface area contributed by atoms with Crippen molar-refractivity contribution < 1.29 is 9.53 Å². The smallest absolute Gasteiger partial charge is 0.236 e. The molecule has 2 aliphatic heterocycles. The number of rotatable bonds is 5. The van der Waals surface area contributed by atoms with Crippen LogP contribution in [0.1, 0.15) is 41.1 Å². The summed E-state index contributed by atoms with van der Waals surface area (Å²) in [4.78, 5) is 15.0. The van der Waals surface area contributed by atoms with Crippen LogP contribution in [0.4, 0.5) is 0 Å². The lowest BCUT2D eigenvalue weighted by molar-refractivity contribution is -0.137. The predicted molar refractivity (Wildman–Crippen MR) is 126 cm³/mol. The molecule has 3 aromatic carbocycles. The molecule has 0 aromatic heterocycles. The Balaban J connectivity index is 1.24. The Bertz CT molecular complexity index is 1080. The van der Waals surface area contributed by atoms with Crippen LogP contribution in [0.25, 0.3) is 0 Å². The van der Waals surface area contributed by atoms with Gasteiger partial charge in [-0.15, -0.1) is 0 Å². The highest BCUT2D eigenvalue weighted by Gasteiger charge is 2.43. The van der Waals surface area contributed by atoms with E-state index >= 15 is 0 Å². The van der Waals surface area contributed by atoms with Crippen molar-refractivity contribution >= 4 is 17.5 Å². The van der Waals surface area contributed by atoms with Crippen LogP contribution in [0.3, 0.4) is 0 Å². The van der Waals surface area contributed by atoms with Crippen molar-refractivity contribution in [2.75, 3.05) is 19.6 Å². The number of ether oxygens (including phenoxy) is 1. The van der Waals surface area contributed by atoms with E-state index in [9.17, 15) is 4.79 Å². The quantitative estimate of drug-likeness (QED) is 0.595. The van der Waals surface area contributed by atoms with Crippen LogP contribution in [0.5, 0.6) is 0 Å². The van der Waals surface area contributed by atoms with E-state index in [0.29, 0.717) is 24.7 Å². The summed E-state index contributed by atoms with van der Waals surface area (Å²) in [6.45, 7) is 2.38. The fourth-order valence-electron chi connectivity index (χ4n) is 4.95. The van der Waals surface area contributed by atoms with Gasteiger partial charge in [0.25, 0.3) is 0 Å². The average molecular weight is 447 g/mol. The van der Waals surface area contributed by atoms with Crippen molar-refractivity contribution in [2.24, 2.45) is 0 Å². The largest absolute Gasteiger partial charge is 0.365 e. The first-order valence-electron chi connectivity index (χ1n) is 11.2. The van der Waals surface area contributed by atoms with E-state index in [1.807, 2.05) is 47.4 Å². The van der Waals surface area contributed by atoms with Gasteiger partial charge < -0.3 is 9.64 Å². The van der Waals surface area contributed by atoms with Crippen LogP contribution in [0.15, 0.2) is 78.9 Å². The number of nitrogens with zero attached hydrogens (tertiary/aromatic N) is 1. The maximum Gasteiger partial charge on any atom is 0.236 e. The highest BCUT2D eigenvalue weighted by molar-refractivity contribution is 6.30. The third-order valence-electron chi connectivity index (χ3n) is 6.73. The molecule has 164 valence electrons. The Hall–Kier alpha value is -2.66. The summed E-state index contributed by atoms with van der Waals surface area (Å²) in [7, 11) is 0. The van der Waals surface area contributed by atoms with Gasteiger partial charge in [0.05, 0.1) is 24.8 Å². The van der Waals surface area contributed by atoms with Gasteiger partial charge in [-0.05, 0) is 47.2 Å². The van der Waals surface area contributed by atoms with E-state index in [1.165, 1.54) is 11.1 Å². The number of amides is 1. The van der Waals surface area contributed by atoms with Gasteiger partial charge >= 0.3 is 0 Å². The van der Waals surface area contributed by atoms with Gasteiger partial charge in [-0.25, -0.2) is 0 Å². The first-order valence-corrected chi connectivity index (χ1v) is 11.6. The minimum atomic E-state index is -0.226. The first-order chi connectivity index (χ1) is 15.6. The Morgan fingerprint density at radius 3 is 2.34 bits per heavy atom. The molecule has 0 radical (unpaired) electrons. The zero-order valence-corrected chi connectivity index (χ0v) is 18.7. The maximum absolute atomic E-state index is 13.1. The monoisotopic (exact) mass is 446 g/mol. The number of nitrogens with one attached hydrogen (secondary N) is 1. The molecular formula is C27H27ClN2O2. The highest BCUT2D eigenvalue weighted by atomic mass is 35.5. The fraction of sp³-hybridized carbons (Fsp3) is 0.296. The van der Waals surface area contributed by atoms with Crippen molar-refractivity contribution in [1.29, 1.82) is 0 Å². The molecule has 1 fully saturated rings. The lowest BCUT2D eigenvalue weighted by atomic mass is 9.84. The van der Waals surface area contributed by atoms with Crippen LogP contribution >= 0.6 is 11.6 Å². The van der Waals surface area contributed by atoms with Crippen LogP contribution in [0, 0.1) is 0 Å². The number of halogens is 1. The van der Waals surface area contributed by atoms with Crippen LogP contribution in [0.2, 0.25) is 5.02 Å². The van der Waals surface area contributed by atoms with Gasteiger partial charge in [0.1, 0.15) is 0 Å². The van der Waals surface area contributed by atoms with E-state index in [4.69, 9.17) is 16.3 Å². The molecule has 0 saturated carbocycles. The highest BCUT2D eigenvalue weighted by Crippen LogP contribution is 2.43. The molecular weight excluding hydrogens is 420 g/mol. The molecule has 4 nitrogen and oxygen atoms in total. The van der Waals surface area contributed by atoms with Crippen LogP contribution in [-0.2, 0) is 21.7 Å². The Morgan fingerprint density at radius 2 is 1.59 bits per heavy atom. The van der Waals surface area contributed by atoms with Crippen molar-refractivity contribution in [2.45, 2.75) is 31.1 Å². The summed E-state index contributed by atoms with van der Waals surface area (Å²) in [6.07, 6.45) is 1.68. The van der Waals surface area contributed by atoms with E-state index in [-0.39, 0.29) is 24.1 Å². The molecule has 3 aromatic rings. The SMILES string of the molecule is O=C(CN[C@H](c1ccccc1)c1ccc(Cl)cc1)N1CCC2(CC1)OCc1ccccc12. The van der Waals surface area contributed by atoms with E-state index < -0.39 is 0 Å². The number of carbonyl (C=O) groups is 1. The number of hydrogen-bond acceptors (Lipinski definition) is 3. The summed E-state index contributed by atoms with van der Waals surface area (Å²) >= 11 is 6.08. The number of benzene rings is 3. The fourth-order valence-corrected chi connectivity index (χ4v) is 5.07. The second-order valence-electron chi connectivity index (χ2n) is 8.60. The second kappa shape index (κ2) is 9.07. The third kappa shape index (κ3) is 4.18. The standard InChI is InChI=1S/C27H27ClN2O2/c28-23-12-10-21(11-13-23)26(20-6-2-1-3-7-20)29-18-25(31)30-16-14-27(15-17-30)24-9-5-4-8-22(24)19-32-27/h1-13,26,29H,14-19H2/t26-/m1/s1. The van der Waals surface area contributed by atoms with Crippen molar-refractivity contribution in [3.63, 3.8) is 0 Å². The minimum absolute atomic E-state index is 0.0707. The van der Waals surface area contributed by atoms with E-state index in [1.54, 1.807) is 0 Å². The van der Waals surface area contributed by atoms with Crippen molar-refractivity contribution in [3.8, 4) is 0 Å². The Kier molecular flexibility index (Phi) is 6.01. The lowest BCUT2D eigenvalue weighted by Crippen LogP contribution is -2.48. The van der Waals surface area contributed by atoms with Gasteiger partial charge in [0.2, 0.25) is 5.91 Å². The summed E-state index contributed by atoms with van der Waals surface area (Å²) in [6, 6.07) is 26.4. The van der Waals surface area contributed by atoms with Gasteiger partial charge in [-0.1, -0.05) is 78.3 Å². The number of likely N-dealkylation sites (tertiary alicyclic amines) is 1. The summed E-state index contributed by atoms with van der Waals surface area (Å²) < 4.78 is 6.24. The molecule has 0 bridgehead atoms. The Morgan fingerprint density at radius 1 is 0.938 bits per heavy atom. The molecule has 2 heterocycles. The van der Waals surface area contributed by atoms with E-state index in [0.717, 1.165) is 24.0 Å². The zero-order valence-electron chi connectivity index (χ0n) is 18.0. The van der Waals surface area contributed by atoms with Gasteiger partial charge in [0.15, 0.2) is 0 Å². The average Bonchev–Trinajstić information content (AvgIpc) is 3.19. The number of hydrogen-bond donors (Lipinski definition) is 1. The third-order valence-corrected chi connectivity index (χ3v) is 6.98. The summed E-state index contributed by atoms with van der Waals surface area (Å²) in [5.41, 5.74) is 4.56. The van der Waals surface area contributed by atoms with Crippen LogP contribution in [-0.4, -0.2) is 30.4 Å². The Labute approximate surface area is 194 Å². The molecule has 2 aliphatic rings. The van der Waals surface area contributed by atoms with Gasteiger partial charge in [0, 0.05) is 18.1 Å². The van der Waals surface area contributed by atoms with E-state index in [2.05, 4.69) is 41.7 Å². The molecule has 1 spiro atoms. The lowest BCUT2D eigenvalue weighted by Gasteiger charge is -2.39. The zero-order chi connectivity index (χ0) is 22.0. The molecule has 1 N–H and O–H groups in total. The molecule has 0 aliphatic carbocycles. The molecule has 5 rings (SSSR count). The van der Waals surface area contributed by atoms with Gasteiger partial charge in [-0.2, -0.15) is 0 Å². The molecule has 1 amide bonds. The van der Waals surface area contributed by atoms with Gasteiger partial charge in [-0.3, -0.25) is 10.1 Å². The first kappa shape index (κ1) is 21.2. The minimum Gasteiger partial charge on any atom is -0.365 e. The number of carbonyl (C=O) groups excluding carboxylic acids is 1. The van der Waals surface area contributed by atoms with Crippen molar-refractivity contribution in [1.82, 2.24) is 10.2 Å². The van der Waals surface area contributed by atoms with Crippen molar-refractivity contribution in [3.05, 3.63) is 106 Å².